The highest BCUT2D eigenvalue weighted by Gasteiger charge is 2.18. The molecule has 0 unspecified atom stereocenters. The number of carbonyl (C=O) groups is 2. The third-order valence-electron chi connectivity index (χ3n) is 3.11. The van der Waals surface area contributed by atoms with Crippen molar-refractivity contribution in [2.24, 2.45) is 0 Å². The highest BCUT2D eigenvalue weighted by Crippen LogP contribution is 2.05. The molecule has 2 aromatic rings. The van der Waals surface area contributed by atoms with Gasteiger partial charge in [0, 0.05) is 18.4 Å². The zero-order valence-corrected chi connectivity index (χ0v) is 12.6. The molecule has 0 radical (unpaired) electrons. The molecule has 0 aliphatic heterocycles. The van der Waals surface area contributed by atoms with E-state index in [4.69, 9.17) is 4.74 Å². The van der Waals surface area contributed by atoms with Crippen LogP contribution in [0.2, 0.25) is 0 Å². The Labute approximate surface area is 129 Å². The number of nitrogens with one attached hydrogen (secondary N) is 1. The fourth-order valence-corrected chi connectivity index (χ4v) is 1.80. The Balaban J connectivity index is 1.85. The van der Waals surface area contributed by atoms with E-state index in [1.54, 1.807) is 19.1 Å². The molecule has 1 aromatic heterocycles. The first-order valence-electron chi connectivity index (χ1n) is 7.01. The predicted molar refractivity (Wildman–Crippen MR) is 82.1 cm³/mol. The summed E-state index contributed by atoms with van der Waals surface area (Å²) in [7, 11) is 0. The minimum absolute atomic E-state index is 0.327. The number of amides is 1. The summed E-state index contributed by atoms with van der Waals surface area (Å²) in [5.41, 5.74) is 2.12. The predicted octanol–water partition coefficient (Wildman–Crippen LogP) is 2.25. The van der Waals surface area contributed by atoms with Gasteiger partial charge in [-0.25, -0.2) is 4.79 Å². The third-order valence-corrected chi connectivity index (χ3v) is 3.11. The molecule has 0 bridgehead atoms. The van der Waals surface area contributed by atoms with E-state index in [1.165, 1.54) is 6.20 Å². The van der Waals surface area contributed by atoms with Crippen LogP contribution in [0.4, 0.5) is 0 Å². The largest absolute Gasteiger partial charge is 0.449 e. The zero-order valence-electron chi connectivity index (χ0n) is 12.6. The van der Waals surface area contributed by atoms with Crippen molar-refractivity contribution in [3.8, 4) is 0 Å². The second kappa shape index (κ2) is 7.36. The summed E-state index contributed by atoms with van der Waals surface area (Å²) in [6.45, 7) is 3.77. The standard InChI is InChI=1S/C17H18N2O3/c1-12-8-9-15(11-18-12)17(21)22-13(2)16(20)19-10-14-6-4-3-5-7-14/h3-9,11,13H,10H2,1-2H3,(H,19,20)/t13-/m0/s1. The molecule has 1 aromatic carbocycles. The van der Waals surface area contributed by atoms with E-state index in [1.807, 2.05) is 37.3 Å². The first-order chi connectivity index (χ1) is 10.6. The topological polar surface area (TPSA) is 68.3 Å². The van der Waals surface area contributed by atoms with Gasteiger partial charge in [0.1, 0.15) is 0 Å². The fraction of sp³-hybridized carbons (Fsp3) is 0.235. The maximum atomic E-state index is 11.9. The summed E-state index contributed by atoms with van der Waals surface area (Å²) in [6.07, 6.45) is 0.573. The molecular formula is C17H18N2O3. The van der Waals surface area contributed by atoms with Gasteiger partial charge in [-0.05, 0) is 31.5 Å². The van der Waals surface area contributed by atoms with E-state index in [0.29, 0.717) is 12.1 Å². The van der Waals surface area contributed by atoms with E-state index < -0.39 is 12.1 Å². The summed E-state index contributed by atoms with van der Waals surface area (Å²) in [4.78, 5) is 27.9. The molecule has 0 saturated carbocycles. The van der Waals surface area contributed by atoms with Crippen molar-refractivity contribution in [2.45, 2.75) is 26.5 Å². The van der Waals surface area contributed by atoms with E-state index in [-0.39, 0.29) is 5.91 Å². The number of hydrogen-bond donors (Lipinski definition) is 1. The van der Waals surface area contributed by atoms with Crippen LogP contribution in [0, 0.1) is 6.92 Å². The number of aryl methyl sites for hydroxylation is 1. The van der Waals surface area contributed by atoms with Crippen molar-refractivity contribution in [1.29, 1.82) is 0 Å². The summed E-state index contributed by atoms with van der Waals surface area (Å²) < 4.78 is 5.14. The van der Waals surface area contributed by atoms with Gasteiger partial charge in [-0.15, -0.1) is 0 Å². The molecule has 5 nitrogen and oxygen atoms in total. The average molecular weight is 298 g/mol. The average Bonchev–Trinajstić information content (AvgIpc) is 2.54. The van der Waals surface area contributed by atoms with Gasteiger partial charge in [-0.3, -0.25) is 9.78 Å². The molecule has 0 aliphatic rings. The number of rotatable bonds is 5. The lowest BCUT2D eigenvalue weighted by atomic mass is 10.2. The number of esters is 1. The number of pyridine rings is 1. The molecule has 114 valence electrons. The Hall–Kier alpha value is -2.69. The second-order valence-corrected chi connectivity index (χ2v) is 4.94. The minimum atomic E-state index is -0.863. The van der Waals surface area contributed by atoms with Gasteiger partial charge >= 0.3 is 5.97 Å². The van der Waals surface area contributed by atoms with Crippen LogP contribution in [0.25, 0.3) is 0 Å². The van der Waals surface area contributed by atoms with Crippen molar-refractivity contribution in [1.82, 2.24) is 10.3 Å². The second-order valence-electron chi connectivity index (χ2n) is 4.94. The van der Waals surface area contributed by atoms with Crippen LogP contribution < -0.4 is 5.32 Å². The van der Waals surface area contributed by atoms with Crippen LogP contribution in [0.1, 0.15) is 28.5 Å². The normalized spacial score (nSPS) is 11.5. The number of aromatic nitrogens is 1. The maximum absolute atomic E-state index is 11.9. The van der Waals surface area contributed by atoms with Crippen molar-refractivity contribution in [3.63, 3.8) is 0 Å². The van der Waals surface area contributed by atoms with Crippen LogP contribution in [-0.2, 0) is 16.1 Å². The van der Waals surface area contributed by atoms with Crippen LogP contribution in [0.15, 0.2) is 48.7 Å². The summed E-state index contributed by atoms with van der Waals surface area (Å²) in [5.74, 6) is -0.896. The number of nitrogens with zero attached hydrogens (tertiary/aromatic N) is 1. The molecule has 1 N–H and O–H groups in total. The maximum Gasteiger partial charge on any atom is 0.340 e. The first-order valence-corrected chi connectivity index (χ1v) is 7.01. The van der Waals surface area contributed by atoms with Gasteiger partial charge in [0.05, 0.1) is 5.56 Å². The lowest BCUT2D eigenvalue weighted by molar-refractivity contribution is -0.129. The molecule has 0 spiro atoms. The van der Waals surface area contributed by atoms with Gasteiger partial charge in [-0.1, -0.05) is 30.3 Å². The number of hydrogen-bond acceptors (Lipinski definition) is 4. The van der Waals surface area contributed by atoms with Crippen LogP contribution in [0.3, 0.4) is 0 Å². The van der Waals surface area contributed by atoms with E-state index in [0.717, 1.165) is 11.3 Å². The van der Waals surface area contributed by atoms with E-state index >= 15 is 0 Å². The SMILES string of the molecule is Cc1ccc(C(=O)O[C@@H](C)C(=O)NCc2ccccc2)cn1. The summed E-state index contributed by atoms with van der Waals surface area (Å²) in [5, 5.41) is 2.73. The van der Waals surface area contributed by atoms with Crippen molar-refractivity contribution in [2.75, 3.05) is 0 Å². The Morgan fingerprint density at radius 1 is 1.18 bits per heavy atom. The molecular weight excluding hydrogens is 280 g/mol. The van der Waals surface area contributed by atoms with Gasteiger partial charge in [0.25, 0.3) is 5.91 Å². The monoisotopic (exact) mass is 298 g/mol. The quantitative estimate of drug-likeness (QED) is 0.860. The molecule has 1 amide bonds. The summed E-state index contributed by atoms with van der Waals surface area (Å²) >= 11 is 0. The van der Waals surface area contributed by atoms with Gasteiger partial charge in [0.2, 0.25) is 0 Å². The number of carbonyl (C=O) groups excluding carboxylic acids is 2. The molecule has 0 fully saturated rings. The van der Waals surface area contributed by atoms with Gasteiger partial charge in [0.15, 0.2) is 6.10 Å². The van der Waals surface area contributed by atoms with Crippen LogP contribution in [-0.4, -0.2) is 23.0 Å². The summed E-state index contributed by atoms with van der Waals surface area (Å²) in [6, 6.07) is 12.9. The molecule has 22 heavy (non-hydrogen) atoms. The van der Waals surface area contributed by atoms with Crippen LogP contribution >= 0.6 is 0 Å². The smallest absolute Gasteiger partial charge is 0.340 e. The first kappa shape index (κ1) is 15.7. The Morgan fingerprint density at radius 2 is 1.91 bits per heavy atom. The zero-order chi connectivity index (χ0) is 15.9. The minimum Gasteiger partial charge on any atom is -0.449 e. The molecule has 1 heterocycles. The third kappa shape index (κ3) is 4.41. The highest BCUT2D eigenvalue weighted by atomic mass is 16.5. The molecule has 0 aliphatic carbocycles. The van der Waals surface area contributed by atoms with Crippen molar-refractivity contribution in [3.05, 3.63) is 65.5 Å². The van der Waals surface area contributed by atoms with E-state index in [9.17, 15) is 9.59 Å². The fourth-order valence-electron chi connectivity index (χ4n) is 1.80. The number of ether oxygens (including phenoxy) is 1. The van der Waals surface area contributed by atoms with Crippen molar-refractivity contribution < 1.29 is 14.3 Å². The lowest BCUT2D eigenvalue weighted by Crippen LogP contribution is -2.35. The Morgan fingerprint density at radius 3 is 2.55 bits per heavy atom. The Kier molecular flexibility index (Phi) is 5.25. The van der Waals surface area contributed by atoms with Gasteiger partial charge < -0.3 is 10.1 Å². The molecule has 5 heteroatoms. The Bertz CT molecular complexity index is 639. The molecule has 0 saturated heterocycles. The molecule has 1 atom stereocenters. The highest BCUT2D eigenvalue weighted by molar-refractivity contribution is 5.91. The lowest BCUT2D eigenvalue weighted by Gasteiger charge is -2.13. The van der Waals surface area contributed by atoms with E-state index in [2.05, 4.69) is 10.3 Å². The van der Waals surface area contributed by atoms with Gasteiger partial charge in [-0.2, -0.15) is 0 Å². The van der Waals surface area contributed by atoms with Crippen molar-refractivity contribution >= 4 is 11.9 Å². The molecule has 2 rings (SSSR count). The number of benzene rings is 1. The van der Waals surface area contributed by atoms with Crippen LogP contribution in [0.5, 0.6) is 0 Å².